The zero-order chi connectivity index (χ0) is 24.8. The van der Waals surface area contributed by atoms with Gasteiger partial charge in [-0.2, -0.15) is 5.48 Å². The molecule has 0 bridgehead atoms. The van der Waals surface area contributed by atoms with E-state index in [1.165, 1.54) is 6.42 Å². The van der Waals surface area contributed by atoms with E-state index in [-0.39, 0.29) is 41.7 Å². The molecule has 2 aliphatic heterocycles. The topological polar surface area (TPSA) is 116 Å². The fraction of sp³-hybridized carbons (Fsp3) is 0.920. The van der Waals surface area contributed by atoms with Crippen LogP contribution in [0.1, 0.15) is 84.5 Å². The standard InChI is InChI=1S/C25H45FN6O3/c1-25(2,15-28-23-18-6-3-4-7-19(18)24(34)31-30-23)14-27-20(33)8-5-9-21-29-22(32-35-21)16-10-12-17(26)13-11-16/h16-19,21-23,28-30,32H,3-15H2,1-2H3,(H,27,33)(H,31,34). The normalized spacial score (nSPS) is 35.9. The highest BCUT2D eigenvalue weighted by Gasteiger charge is 2.40. The number of carbonyl (C=O) groups excluding carboxylic acids is 2. The van der Waals surface area contributed by atoms with Gasteiger partial charge in [-0.15, -0.1) is 0 Å². The molecule has 0 radical (unpaired) electrons. The molecule has 2 amide bonds. The maximum atomic E-state index is 13.4. The fourth-order valence-corrected chi connectivity index (χ4v) is 5.97. The molecule has 5 atom stereocenters. The molecule has 4 rings (SSSR count). The Balaban J connectivity index is 1.09. The number of amides is 2. The number of rotatable bonds is 10. The van der Waals surface area contributed by atoms with E-state index in [1.54, 1.807) is 0 Å². The van der Waals surface area contributed by atoms with Crippen LogP contribution in [0.5, 0.6) is 0 Å². The van der Waals surface area contributed by atoms with Gasteiger partial charge in [0.15, 0.2) is 0 Å². The van der Waals surface area contributed by atoms with Crippen molar-refractivity contribution in [3.05, 3.63) is 0 Å². The number of carbonyl (C=O) groups is 2. The average Bonchev–Trinajstić information content (AvgIpc) is 3.32. The van der Waals surface area contributed by atoms with Crippen LogP contribution in [0.2, 0.25) is 0 Å². The summed E-state index contributed by atoms with van der Waals surface area (Å²) in [5, 5.41) is 10.1. The van der Waals surface area contributed by atoms with Crippen LogP contribution in [-0.4, -0.2) is 49.6 Å². The fourth-order valence-electron chi connectivity index (χ4n) is 5.97. The molecule has 2 saturated carbocycles. The molecule has 0 spiro atoms. The highest BCUT2D eigenvalue weighted by Crippen LogP contribution is 2.34. The van der Waals surface area contributed by atoms with Gasteiger partial charge in [-0.1, -0.05) is 26.7 Å². The smallest absolute Gasteiger partial charge is 0.237 e. The Labute approximate surface area is 208 Å². The van der Waals surface area contributed by atoms with Gasteiger partial charge in [0.05, 0.1) is 12.3 Å². The van der Waals surface area contributed by atoms with Gasteiger partial charge < -0.3 is 5.32 Å². The van der Waals surface area contributed by atoms with Gasteiger partial charge in [0.1, 0.15) is 12.4 Å². The van der Waals surface area contributed by atoms with Gasteiger partial charge in [0, 0.05) is 31.3 Å². The van der Waals surface area contributed by atoms with Crippen LogP contribution in [0.25, 0.3) is 0 Å². The summed E-state index contributed by atoms with van der Waals surface area (Å²) < 4.78 is 13.4. The number of hydroxylamine groups is 1. The van der Waals surface area contributed by atoms with E-state index in [0.717, 1.165) is 51.5 Å². The summed E-state index contributed by atoms with van der Waals surface area (Å²) in [6, 6.07) is 0. The lowest BCUT2D eigenvalue weighted by Crippen LogP contribution is -2.65. The molecular weight excluding hydrogens is 451 g/mol. The molecular formula is C25H45FN6O3. The Bertz CT molecular complexity index is 717. The number of hydrazine groups is 1. The van der Waals surface area contributed by atoms with E-state index < -0.39 is 6.17 Å². The van der Waals surface area contributed by atoms with E-state index in [9.17, 15) is 14.0 Å². The maximum absolute atomic E-state index is 13.4. The van der Waals surface area contributed by atoms with Crippen LogP contribution in [0, 0.1) is 23.2 Å². The minimum Gasteiger partial charge on any atom is -0.356 e. The number of halogens is 1. The third kappa shape index (κ3) is 7.58. The minimum absolute atomic E-state index is 0.0530. The van der Waals surface area contributed by atoms with Gasteiger partial charge in [-0.05, 0) is 62.7 Å². The van der Waals surface area contributed by atoms with Gasteiger partial charge in [0.25, 0.3) is 0 Å². The summed E-state index contributed by atoms with van der Waals surface area (Å²) in [5.74, 6) is 0.988. The van der Waals surface area contributed by atoms with Gasteiger partial charge >= 0.3 is 0 Å². The van der Waals surface area contributed by atoms with Crippen LogP contribution in [0.15, 0.2) is 0 Å². The van der Waals surface area contributed by atoms with Gasteiger partial charge in [-0.25, -0.2) is 9.82 Å². The Morgan fingerprint density at radius 1 is 1.11 bits per heavy atom. The Kier molecular flexibility index (Phi) is 9.37. The third-order valence-corrected chi connectivity index (χ3v) is 8.25. The highest BCUT2D eigenvalue weighted by atomic mass is 19.1. The molecule has 4 fully saturated rings. The van der Waals surface area contributed by atoms with Crippen LogP contribution in [0.3, 0.4) is 0 Å². The molecule has 2 aliphatic carbocycles. The summed E-state index contributed by atoms with van der Waals surface area (Å²) in [5.41, 5.74) is 8.93. The molecule has 10 heteroatoms. The zero-order valence-corrected chi connectivity index (χ0v) is 21.3. The Hall–Kier alpha value is -1.33. The van der Waals surface area contributed by atoms with Crippen molar-refractivity contribution in [2.24, 2.45) is 23.2 Å². The predicted octanol–water partition coefficient (Wildman–Crippen LogP) is 1.96. The second-order valence-electron chi connectivity index (χ2n) is 11.8. The second-order valence-corrected chi connectivity index (χ2v) is 11.8. The van der Waals surface area contributed by atoms with Gasteiger partial charge in [0.2, 0.25) is 11.8 Å². The number of alkyl halides is 1. The summed E-state index contributed by atoms with van der Waals surface area (Å²) in [7, 11) is 0. The monoisotopic (exact) mass is 496 g/mol. The van der Waals surface area contributed by atoms with Crippen molar-refractivity contribution in [3.63, 3.8) is 0 Å². The summed E-state index contributed by atoms with van der Waals surface area (Å²) >= 11 is 0. The van der Waals surface area contributed by atoms with Crippen molar-refractivity contribution >= 4 is 11.8 Å². The van der Waals surface area contributed by atoms with Crippen molar-refractivity contribution in [1.82, 2.24) is 32.3 Å². The lowest BCUT2D eigenvalue weighted by Gasteiger charge is -2.42. The number of fused-ring (bicyclic) bond motifs is 1. The maximum Gasteiger partial charge on any atom is 0.237 e. The molecule has 5 unspecified atom stereocenters. The van der Waals surface area contributed by atoms with Crippen molar-refractivity contribution < 1.29 is 18.8 Å². The number of nitrogens with one attached hydrogen (secondary N) is 6. The average molecular weight is 497 g/mol. The first-order valence-corrected chi connectivity index (χ1v) is 13.7. The van der Waals surface area contributed by atoms with E-state index in [2.05, 4.69) is 46.1 Å². The van der Waals surface area contributed by atoms with Crippen molar-refractivity contribution in [2.45, 2.75) is 109 Å². The largest absolute Gasteiger partial charge is 0.356 e. The molecule has 0 aromatic rings. The first-order valence-electron chi connectivity index (χ1n) is 13.7. The number of hydrogen-bond donors (Lipinski definition) is 6. The van der Waals surface area contributed by atoms with Crippen LogP contribution in [0.4, 0.5) is 4.39 Å². The van der Waals surface area contributed by atoms with E-state index in [0.29, 0.717) is 37.6 Å². The van der Waals surface area contributed by atoms with Gasteiger partial charge in [-0.3, -0.25) is 30.5 Å². The summed E-state index contributed by atoms with van der Waals surface area (Å²) in [6.45, 7) is 5.60. The molecule has 2 heterocycles. The molecule has 9 nitrogen and oxygen atoms in total. The molecule has 200 valence electrons. The quantitative estimate of drug-likeness (QED) is 0.274. The molecule has 0 aromatic heterocycles. The summed E-state index contributed by atoms with van der Waals surface area (Å²) in [6.07, 6.45) is 8.68. The third-order valence-electron chi connectivity index (χ3n) is 8.25. The molecule has 0 aromatic carbocycles. The van der Waals surface area contributed by atoms with E-state index in [4.69, 9.17) is 4.84 Å². The Morgan fingerprint density at radius 2 is 1.89 bits per heavy atom. The van der Waals surface area contributed by atoms with Crippen molar-refractivity contribution in [3.8, 4) is 0 Å². The van der Waals surface area contributed by atoms with Crippen molar-refractivity contribution in [1.29, 1.82) is 0 Å². The van der Waals surface area contributed by atoms with Crippen LogP contribution >= 0.6 is 0 Å². The summed E-state index contributed by atoms with van der Waals surface area (Å²) in [4.78, 5) is 30.2. The van der Waals surface area contributed by atoms with Crippen molar-refractivity contribution in [2.75, 3.05) is 13.1 Å². The predicted molar refractivity (Wildman–Crippen MR) is 131 cm³/mol. The number of hydrogen-bond acceptors (Lipinski definition) is 7. The Morgan fingerprint density at radius 3 is 2.69 bits per heavy atom. The molecule has 6 N–H and O–H groups in total. The first-order chi connectivity index (χ1) is 16.8. The molecule has 4 aliphatic rings. The van der Waals surface area contributed by atoms with Crippen LogP contribution < -0.4 is 32.3 Å². The SMILES string of the molecule is CC(C)(CNC(=O)CCCC1NC(C2CCC(F)CC2)NO1)CNC1NNC(=O)C2CCCCC12. The lowest BCUT2D eigenvalue weighted by atomic mass is 9.76. The molecule has 35 heavy (non-hydrogen) atoms. The van der Waals surface area contributed by atoms with E-state index in [1.807, 2.05) is 0 Å². The first kappa shape index (κ1) is 26.7. The van der Waals surface area contributed by atoms with E-state index >= 15 is 0 Å². The highest BCUT2D eigenvalue weighted by molar-refractivity contribution is 5.79. The van der Waals surface area contributed by atoms with Crippen LogP contribution in [-0.2, 0) is 14.4 Å². The molecule has 2 saturated heterocycles. The second kappa shape index (κ2) is 12.3. The minimum atomic E-state index is -0.653. The lowest BCUT2D eigenvalue weighted by molar-refractivity contribution is -0.134. The zero-order valence-electron chi connectivity index (χ0n) is 21.3.